The maximum atomic E-state index is 14.8. The number of amides is 2. The smallest absolute Gasteiger partial charge is 0.413 e. The van der Waals surface area contributed by atoms with E-state index in [0.717, 1.165) is 37.0 Å². The summed E-state index contributed by atoms with van der Waals surface area (Å²) in [6, 6.07) is 6.67. The van der Waals surface area contributed by atoms with Crippen LogP contribution in [0.1, 0.15) is 12.8 Å². The van der Waals surface area contributed by atoms with Gasteiger partial charge in [0.1, 0.15) is 12.4 Å². The zero-order valence-corrected chi connectivity index (χ0v) is 23.0. The zero-order valence-electron chi connectivity index (χ0n) is 21.4. The second-order valence-corrected chi connectivity index (χ2v) is 11.1. The first kappa shape index (κ1) is 31.2. The first-order valence-electron chi connectivity index (χ1n) is 12.2. The number of nitrogens with one attached hydrogen (secondary N) is 1. The van der Waals surface area contributed by atoms with Crippen molar-refractivity contribution in [3.8, 4) is 11.5 Å². The number of likely N-dealkylation sites (tertiary alicyclic amines) is 1. The van der Waals surface area contributed by atoms with Crippen LogP contribution in [0.4, 0.5) is 13.6 Å². The van der Waals surface area contributed by atoms with Gasteiger partial charge in [-0.2, -0.15) is 4.31 Å². The minimum absolute atomic E-state index is 0.0517. The second-order valence-electron chi connectivity index (χ2n) is 8.68. The molecule has 0 aliphatic carbocycles. The Morgan fingerprint density at radius 1 is 1.12 bits per heavy atom. The molecule has 40 heavy (non-hydrogen) atoms. The number of hydrogen-bond donors (Lipinski definition) is 2. The Hall–Kier alpha value is -3.30. The molecule has 0 unspecified atom stereocenters. The fraction of sp³-hybridized carbons (Fsp3) is 0.360. The molecule has 1 saturated heterocycles. The van der Waals surface area contributed by atoms with E-state index in [9.17, 15) is 26.8 Å². The van der Waals surface area contributed by atoms with Crippen LogP contribution in [0.5, 0.6) is 11.5 Å². The maximum absolute atomic E-state index is 14.8. The van der Waals surface area contributed by atoms with Crippen LogP contribution < -0.4 is 10.2 Å². The van der Waals surface area contributed by atoms with Crippen molar-refractivity contribution in [1.29, 1.82) is 0 Å². The van der Waals surface area contributed by atoms with Gasteiger partial charge >= 0.3 is 6.09 Å². The fourth-order valence-electron chi connectivity index (χ4n) is 3.86. The molecule has 0 saturated carbocycles. The molecule has 0 spiro atoms. The third kappa shape index (κ3) is 8.35. The predicted molar refractivity (Wildman–Crippen MR) is 140 cm³/mol. The summed E-state index contributed by atoms with van der Waals surface area (Å²) in [7, 11) is -4.72. The van der Waals surface area contributed by atoms with Crippen LogP contribution in [0, 0.1) is 11.6 Å². The van der Waals surface area contributed by atoms with Crippen molar-refractivity contribution >= 4 is 33.6 Å². The number of carbonyl (C=O) groups is 2. The molecule has 0 aromatic heterocycles. The predicted octanol–water partition coefficient (Wildman–Crippen LogP) is 3.58. The largest absolute Gasteiger partial charge is 0.451 e. The summed E-state index contributed by atoms with van der Waals surface area (Å²) >= 11 is 5.79. The number of nitrogens with zero attached hydrogens (tertiary/aromatic N) is 3. The Labute approximate surface area is 235 Å². The van der Waals surface area contributed by atoms with Crippen molar-refractivity contribution in [1.82, 2.24) is 19.6 Å². The highest BCUT2D eigenvalue weighted by molar-refractivity contribution is 7.89. The number of hydroxylamine groups is 1. The molecular weight excluding hydrogens is 574 g/mol. The Balaban J connectivity index is 1.74. The summed E-state index contributed by atoms with van der Waals surface area (Å²) in [6.07, 6.45) is 2.48. The van der Waals surface area contributed by atoms with Gasteiger partial charge in [-0.25, -0.2) is 27.5 Å². The number of sulfonamides is 1. The monoisotopic (exact) mass is 602 g/mol. The van der Waals surface area contributed by atoms with Crippen LogP contribution in [-0.2, 0) is 19.6 Å². The summed E-state index contributed by atoms with van der Waals surface area (Å²) in [5.74, 6) is -4.57. The third-order valence-corrected chi connectivity index (χ3v) is 8.04. The molecule has 15 heteroatoms. The number of benzene rings is 2. The molecule has 2 aromatic rings. The van der Waals surface area contributed by atoms with Gasteiger partial charge in [0.05, 0.1) is 11.4 Å². The molecule has 1 heterocycles. The van der Waals surface area contributed by atoms with Gasteiger partial charge in [0.15, 0.2) is 17.4 Å². The van der Waals surface area contributed by atoms with Gasteiger partial charge in [-0.1, -0.05) is 18.2 Å². The molecule has 0 radical (unpaired) electrons. The topological polar surface area (TPSA) is 129 Å². The third-order valence-electron chi connectivity index (χ3n) is 5.96. The van der Waals surface area contributed by atoms with Gasteiger partial charge in [-0.3, -0.25) is 19.8 Å². The van der Waals surface area contributed by atoms with Crippen LogP contribution >= 0.6 is 11.6 Å². The lowest BCUT2D eigenvalue weighted by Gasteiger charge is -2.25. The number of halogens is 3. The molecular formula is C25H29ClF2N4O7S. The van der Waals surface area contributed by atoms with Gasteiger partial charge in [0.2, 0.25) is 10.0 Å². The fourth-order valence-corrected chi connectivity index (χ4v) is 5.40. The van der Waals surface area contributed by atoms with Gasteiger partial charge in [0, 0.05) is 30.9 Å². The summed E-state index contributed by atoms with van der Waals surface area (Å²) in [5.41, 5.74) is 1.31. The molecule has 2 amide bonds. The average Bonchev–Trinajstić information content (AvgIpc) is 3.44. The second kappa shape index (κ2) is 14.4. The highest BCUT2D eigenvalue weighted by Gasteiger charge is 2.30. The molecule has 2 aromatic carbocycles. The van der Waals surface area contributed by atoms with E-state index in [2.05, 4.69) is 11.5 Å². The molecule has 1 aliphatic heterocycles. The number of hydrogen-bond acceptors (Lipinski definition) is 8. The highest BCUT2D eigenvalue weighted by atomic mass is 35.5. The summed E-state index contributed by atoms with van der Waals surface area (Å²) in [6.45, 7) is 4.27. The van der Waals surface area contributed by atoms with E-state index in [1.165, 1.54) is 29.7 Å². The lowest BCUT2D eigenvalue weighted by Crippen LogP contribution is -2.44. The lowest BCUT2D eigenvalue weighted by molar-refractivity contribution is -0.129. The lowest BCUT2D eigenvalue weighted by atomic mass is 10.3. The molecule has 0 atom stereocenters. The minimum Gasteiger partial charge on any atom is -0.451 e. The first-order valence-corrected chi connectivity index (χ1v) is 14.0. The highest BCUT2D eigenvalue weighted by Crippen LogP contribution is 2.31. The van der Waals surface area contributed by atoms with Crippen molar-refractivity contribution in [2.45, 2.75) is 17.7 Å². The molecule has 1 fully saturated rings. The molecule has 3 rings (SSSR count). The molecule has 0 bridgehead atoms. The van der Waals surface area contributed by atoms with Crippen molar-refractivity contribution in [2.24, 2.45) is 0 Å². The summed E-state index contributed by atoms with van der Waals surface area (Å²) < 4.78 is 67.2. The van der Waals surface area contributed by atoms with E-state index < -0.39 is 57.4 Å². The van der Waals surface area contributed by atoms with Crippen LogP contribution in [0.25, 0.3) is 0 Å². The zero-order chi connectivity index (χ0) is 29.3. The maximum Gasteiger partial charge on any atom is 0.413 e. The van der Waals surface area contributed by atoms with Crippen molar-refractivity contribution in [2.75, 3.05) is 45.9 Å². The van der Waals surface area contributed by atoms with Crippen LogP contribution in [0.15, 0.2) is 54.1 Å². The van der Waals surface area contributed by atoms with E-state index in [0.29, 0.717) is 28.0 Å². The summed E-state index contributed by atoms with van der Waals surface area (Å²) in [5, 5.41) is 9.30. The molecule has 1 aliphatic rings. The Bertz CT molecular complexity index is 1290. The Morgan fingerprint density at radius 2 is 1.75 bits per heavy atom. The van der Waals surface area contributed by atoms with E-state index >= 15 is 0 Å². The van der Waals surface area contributed by atoms with E-state index in [4.69, 9.17) is 26.3 Å². The molecule has 11 nitrogen and oxygen atoms in total. The van der Waals surface area contributed by atoms with Crippen LogP contribution in [-0.4, -0.2) is 85.6 Å². The van der Waals surface area contributed by atoms with Gasteiger partial charge in [-0.05, 0) is 62.3 Å². The van der Waals surface area contributed by atoms with Gasteiger partial charge < -0.3 is 9.47 Å². The minimum atomic E-state index is -4.72. The number of ether oxygens (including phenoxy) is 2. The quantitative estimate of drug-likeness (QED) is 0.263. The van der Waals surface area contributed by atoms with Crippen LogP contribution in [0.3, 0.4) is 0 Å². The summed E-state index contributed by atoms with van der Waals surface area (Å²) in [4.78, 5) is 26.6. The van der Waals surface area contributed by atoms with Gasteiger partial charge in [-0.15, -0.1) is 0 Å². The Morgan fingerprint density at radius 3 is 2.33 bits per heavy atom. The van der Waals surface area contributed by atoms with Crippen molar-refractivity contribution < 1.29 is 41.5 Å². The van der Waals surface area contributed by atoms with E-state index in [1.807, 2.05) is 0 Å². The van der Waals surface area contributed by atoms with Crippen molar-refractivity contribution in [3.05, 3.63) is 65.8 Å². The standard InChI is InChI=1S/C25H29ClF2N4O7S/c1-2-31(25(34)38-14-13-30-9-3-4-10-30)11-12-32(17-23(33)29-35)40(36,37)20-15-21(27)24(22(28)16-20)39-19-7-5-18(26)6-8-19/h2,5-8,15-16,35H,1,3-4,9-14,17H2,(H,29,33). The molecule has 2 N–H and O–H groups in total. The average molecular weight is 603 g/mol. The van der Waals surface area contributed by atoms with Crippen molar-refractivity contribution in [3.63, 3.8) is 0 Å². The van der Waals surface area contributed by atoms with E-state index in [1.54, 1.807) is 0 Å². The number of carbonyl (C=O) groups excluding carboxylic acids is 2. The van der Waals surface area contributed by atoms with Gasteiger partial charge in [0.25, 0.3) is 5.91 Å². The first-order chi connectivity index (χ1) is 19.0. The van der Waals surface area contributed by atoms with Crippen LogP contribution in [0.2, 0.25) is 5.02 Å². The molecule has 218 valence electrons. The Kier molecular flexibility index (Phi) is 11.2. The van der Waals surface area contributed by atoms with E-state index in [-0.39, 0.29) is 18.9 Å². The normalized spacial score (nSPS) is 13.7. The SMILES string of the molecule is C=CN(CCN(CC(=O)NO)S(=O)(=O)c1cc(F)c(Oc2ccc(Cl)cc2)c(F)c1)C(=O)OCCN1CCCC1. The number of rotatable bonds is 13.